The number of piperidine rings is 1. The van der Waals surface area contributed by atoms with E-state index in [0.29, 0.717) is 16.6 Å². The highest BCUT2D eigenvalue weighted by Crippen LogP contribution is 2.26. The molecule has 1 aliphatic rings. The first-order valence-electron chi connectivity index (χ1n) is 8.17. The lowest BCUT2D eigenvalue weighted by atomic mass is 10.1. The molecule has 1 aliphatic heterocycles. The van der Waals surface area contributed by atoms with Gasteiger partial charge in [0, 0.05) is 18.8 Å². The predicted molar refractivity (Wildman–Crippen MR) is 92.5 cm³/mol. The van der Waals surface area contributed by atoms with Crippen LogP contribution in [0.3, 0.4) is 0 Å². The van der Waals surface area contributed by atoms with Gasteiger partial charge >= 0.3 is 0 Å². The largest absolute Gasteiger partial charge is 0.468 e. The van der Waals surface area contributed by atoms with E-state index in [9.17, 15) is 4.79 Å². The van der Waals surface area contributed by atoms with E-state index >= 15 is 0 Å². The van der Waals surface area contributed by atoms with Gasteiger partial charge < -0.3 is 9.73 Å². The Morgan fingerprint density at radius 2 is 2.17 bits per heavy atom. The average molecular weight is 345 g/mol. The summed E-state index contributed by atoms with van der Waals surface area (Å²) in [5, 5.41) is 8.36. The van der Waals surface area contributed by atoms with E-state index in [1.807, 2.05) is 12.1 Å². The van der Waals surface area contributed by atoms with Gasteiger partial charge in [-0.3, -0.25) is 9.69 Å². The van der Waals surface area contributed by atoms with Crippen LogP contribution >= 0.6 is 11.3 Å². The zero-order chi connectivity index (χ0) is 16.4. The summed E-state index contributed by atoms with van der Waals surface area (Å²) in [5.41, 5.74) is -0.164. The van der Waals surface area contributed by atoms with E-state index < -0.39 is 0 Å². The number of rotatable bonds is 5. The summed E-state index contributed by atoms with van der Waals surface area (Å²) in [6.45, 7) is 2.84. The molecule has 3 aromatic heterocycles. The highest BCUT2D eigenvalue weighted by atomic mass is 32.1. The first-order chi connectivity index (χ1) is 11.8. The number of likely N-dealkylation sites (tertiary alicyclic amines) is 1. The van der Waals surface area contributed by atoms with Crippen LogP contribution < -0.4 is 10.9 Å². The maximum atomic E-state index is 11.8. The summed E-state index contributed by atoms with van der Waals surface area (Å²) >= 11 is 1.38. The molecule has 3 aromatic rings. The van der Waals surface area contributed by atoms with Crippen molar-refractivity contribution in [2.75, 3.05) is 25.0 Å². The van der Waals surface area contributed by atoms with Crippen molar-refractivity contribution in [1.82, 2.24) is 19.5 Å². The second-order valence-corrected chi connectivity index (χ2v) is 6.85. The smallest absolute Gasteiger partial charge is 0.275 e. The van der Waals surface area contributed by atoms with Crippen LogP contribution in [0, 0.1) is 0 Å². The van der Waals surface area contributed by atoms with Crippen molar-refractivity contribution in [2.45, 2.75) is 25.3 Å². The fourth-order valence-corrected chi connectivity index (χ4v) is 3.90. The lowest BCUT2D eigenvalue weighted by Crippen LogP contribution is -2.37. The summed E-state index contributed by atoms with van der Waals surface area (Å²) in [4.78, 5) is 19.0. The number of hydrogen-bond acceptors (Lipinski definition) is 7. The monoisotopic (exact) mass is 345 g/mol. The van der Waals surface area contributed by atoms with Crippen LogP contribution in [0.15, 0.2) is 39.9 Å². The Balaban J connectivity index is 1.53. The fourth-order valence-electron chi connectivity index (χ4n) is 3.12. The number of anilines is 1. The molecule has 4 rings (SSSR count). The van der Waals surface area contributed by atoms with Crippen molar-refractivity contribution < 1.29 is 4.42 Å². The number of nitrogens with zero attached hydrogens (tertiary/aromatic N) is 4. The molecule has 126 valence electrons. The molecule has 0 saturated carbocycles. The molecule has 8 heteroatoms. The number of aromatic nitrogens is 3. The van der Waals surface area contributed by atoms with Gasteiger partial charge in [0.05, 0.1) is 12.3 Å². The molecule has 0 aromatic carbocycles. The topological polar surface area (TPSA) is 75.7 Å². The Bertz CT molecular complexity index is 851. The summed E-state index contributed by atoms with van der Waals surface area (Å²) in [6, 6.07) is 5.52. The van der Waals surface area contributed by atoms with Crippen LogP contribution in [0.5, 0.6) is 0 Å². The third-order valence-electron chi connectivity index (χ3n) is 4.32. The van der Waals surface area contributed by atoms with Crippen LogP contribution in [0.4, 0.5) is 5.13 Å². The molecule has 0 spiro atoms. The quantitative estimate of drug-likeness (QED) is 0.765. The van der Waals surface area contributed by atoms with Crippen LogP contribution in [0.2, 0.25) is 0 Å². The molecular weight excluding hydrogens is 326 g/mol. The maximum Gasteiger partial charge on any atom is 0.275 e. The van der Waals surface area contributed by atoms with Gasteiger partial charge in [0.15, 0.2) is 0 Å². The van der Waals surface area contributed by atoms with Crippen molar-refractivity contribution >= 4 is 21.4 Å². The Labute approximate surface area is 142 Å². The Kier molecular flexibility index (Phi) is 4.31. The Hall–Kier alpha value is -2.19. The van der Waals surface area contributed by atoms with Gasteiger partial charge in [0.2, 0.25) is 10.1 Å². The van der Waals surface area contributed by atoms with Crippen molar-refractivity contribution in [1.29, 1.82) is 0 Å². The minimum Gasteiger partial charge on any atom is -0.468 e. The molecule has 0 bridgehead atoms. The van der Waals surface area contributed by atoms with Gasteiger partial charge in [-0.2, -0.15) is 4.52 Å². The predicted octanol–water partition coefficient (Wildman–Crippen LogP) is 2.38. The Morgan fingerprint density at radius 3 is 2.92 bits per heavy atom. The summed E-state index contributed by atoms with van der Waals surface area (Å²) < 4.78 is 6.98. The normalized spacial score (nSPS) is 17.2. The van der Waals surface area contributed by atoms with Crippen LogP contribution in [-0.4, -0.2) is 39.1 Å². The SMILES string of the molecule is O=c1ccnc2sc(NCC(c3ccco3)N3CCCCC3)nn12. The highest BCUT2D eigenvalue weighted by Gasteiger charge is 2.24. The minimum atomic E-state index is -0.164. The van der Waals surface area contributed by atoms with Crippen LogP contribution in [0.25, 0.3) is 4.96 Å². The maximum absolute atomic E-state index is 11.8. The molecule has 0 aliphatic carbocycles. The van der Waals surface area contributed by atoms with E-state index in [2.05, 4.69) is 20.3 Å². The molecule has 1 N–H and O–H groups in total. The molecule has 1 saturated heterocycles. The molecule has 1 unspecified atom stereocenters. The highest BCUT2D eigenvalue weighted by molar-refractivity contribution is 7.20. The lowest BCUT2D eigenvalue weighted by molar-refractivity contribution is 0.153. The summed E-state index contributed by atoms with van der Waals surface area (Å²) in [6.07, 6.45) is 6.96. The van der Waals surface area contributed by atoms with E-state index in [1.54, 1.807) is 6.26 Å². The van der Waals surface area contributed by atoms with Crippen LogP contribution in [-0.2, 0) is 0 Å². The van der Waals surface area contributed by atoms with Crippen molar-refractivity contribution in [3.8, 4) is 0 Å². The van der Waals surface area contributed by atoms with Gasteiger partial charge in [0.25, 0.3) is 5.56 Å². The average Bonchev–Trinajstić information content (AvgIpc) is 3.26. The third kappa shape index (κ3) is 3.07. The molecule has 0 radical (unpaired) electrons. The number of fused-ring (bicyclic) bond motifs is 1. The first kappa shape index (κ1) is 15.3. The molecule has 7 nitrogen and oxygen atoms in total. The fraction of sp³-hybridized carbons (Fsp3) is 0.438. The molecule has 4 heterocycles. The second-order valence-electron chi connectivity index (χ2n) is 5.89. The third-order valence-corrected chi connectivity index (χ3v) is 5.20. The first-order valence-corrected chi connectivity index (χ1v) is 8.99. The van der Waals surface area contributed by atoms with Gasteiger partial charge in [-0.15, -0.1) is 5.10 Å². The van der Waals surface area contributed by atoms with Crippen molar-refractivity contribution in [2.24, 2.45) is 0 Å². The molecular formula is C16H19N5O2S. The number of hydrogen-bond donors (Lipinski definition) is 1. The zero-order valence-corrected chi connectivity index (χ0v) is 14.0. The van der Waals surface area contributed by atoms with Crippen molar-refractivity contribution in [3.63, 3.8) is 0 Å². The van der Waals surface area contributed by atoms with Gasteiger partial charge in [0.1, 0.15) is 5.76 Å². The van der Waals surface area contributed by atoms with Gasteiger partial charge in [-0.05, 0) is 38.1 Å². The van der Waals surface area contributed by atoms with Gasteiger partial charge in [-0.25, -0.2) is 4.98 Å². The summed E-state index contributed by atoms with van der Waals surface area (Å²) in [7, 11) is 0. The second kappa shape index (κ2) is 6.74. The minimum absolute atomic E-state index is 0.164. The lowest BCUT2D eigenvalue weighted by Gasteiger charge is -2.33. The van der Waals surface area contributed by atoms with E-state index in [4.69, 9.17) is 4.42 Å². The Morgan fingerprint density at radius 1 is 1.29 bits per heavy atom. The molecule has 24 heavy (non-hydrogen) atoms. The molecule has 1 atom stereocenters. The number of nitrogens with one attached hydrogen (secondary N) is 1. The standard InChI is InChI=1S/C16H19N5O2S/c22-14-6-7-17-16-21(14)19-15(24-16)18-11-12(13-5-4-10-23-13)20-8-2-1-3-9-20/h4-7,10,12H,1-3,8-9,11H2,(H,18,19). The zero-order valence-electron chi connectivity index (χ0n) is 13.2. The van der Waals surface area contributed by atoms with E-state index in [0.717, 1.165) is 18.8 Å². The summed E-state index contributed by atoms with van der Waals surface area (Å²) in [5.74, 6) is 0.959. The van der Waals surface area contributed by atoms with E-state index in [1.165, 1.54) is 47.4 Å². The van der Waals surface area contributed by atoms with E-state index in [-0.39, 0.29) is 11.6 Å². The molecule has 0 amide bonds. The van der Waals surface area contributed by atoms with Gasteiger partial charge in [-0.1, -0.05) is 17.8 Å². The van der Waals surface area contributed by atoms with Crippen molar-refractivity contribution in [3.05, 3.63) is 46.8 Å². The molecule has 1 fully saturated rings. The van der Waals surface area contributed by atoms with Crippen LogP contribution in [0.1, 0.15) is 31.1 Å². The number of furan rings is 1.